The van der Waals surface area contributed by atoms with E-state index in [0.29, 0.717) is 34.8 Å². The number of phenols is 1. The van der Waals surface area contributed by atoms with Gasteiger partial charge in [0, 0.05) is 5.41 Å². The van der Waals surface area contributed by atoms with Crippen molar-refractivity contribution >= 4 is 11.9 Å². The van der Waals surface area contributed by atoms with Gasteiger partial charge in [0.25, 0.3) is 0 Å². The number of carbonyl (C=O) groups is 1. The molecule has 0 heterocycles. The Labute approximate surface area is 171 Å². The van der Waals surface area contributed by atoms with Crippen molar-refractivity contribution in [1.82, 2.24) is 0 Å². The Morgan fingerprint density at radius 3 is 2.72 bits per heavy atom. The number of phenolic OH excluding ortho intramolecular Hbond substituents is 1. The van der Waals surface area contributed by atoms with E-state index in [9.17, 15) is 9.90 Å². The second-order valence-corrected chi connectivity index (χ2v) is 9.19. The molecule has 3 nitrogen and oxygen atoms in total. The molecule has 4 unspecified atom stereocenters. The van der Waals surface area contributed by atoms with Gasteiger partial charge in [0.1, 0.15) is 5.75 Å². The maximum absolute atomic E-state index is 13.4. The Morgan fingerprint density at radius 1 is 1.17 bits per heavy atom. The Balaban J connectivity index is 1.47. The number of carbonyl (C=O) groups excluding carboxylic acids is 1. The Morgan fingerprint density at radius 2 is 1.97 bits per heavy atom. The molecule has 0 saturated heterocycles. The third-order valence-corrected chi connectivity index (χ3v) is 7.73. The minimum Gasteiger partial charge on any atom is -0.508 e. The molecule has 0 radical (unpaired) electrons. The van der Waals surface area contributed by atoms with Crippen LogP contribution in [0.25, 0.3) is 6.08 Å². The summed E-state index contributed by atoms with van der Waals surface area (Å²) in [5, 5.41) is 18.8. The molecule has 5 rings (SSSR count). The lowest BCUT2D eigenvalue weighted by atomic mass is 9.55. The molecule has 0 amide bonds. The van der Waals surface area contributed by atoms with E-state index in [-0.39, 0.29) is 5.41 Å². The summed E-state index contributed by atoms with van der Waals surface area (Å²) in [4.78, 5) is 13.4. The first-order valence-corrected chi connectivity index (χ1v) is 10.6. The van der Waals surface area contributed by atoms with E-state index in [1.165, 1.54) is 11.1 Å². The van der Waals surface area contributed by atoms with Crippen molar-refractivity contribution in [3.05, 3.63) is 70.3 Å². The number of Topliss-reactive ketones (excluding diaryl/α,β-unsaturated/α-hetero) is 1. The van der Waals surface area contributed by atoms with Crippen molar-refractivity contribution < 1.29 is 9.90 Å². The van der Waals surface area contributed by atoms with Crippen molar-refractivity contribution in [2.45, 2.75) is 44.9 Å². The Bertz CT molecular complexity index is 1060. The predicted molar refractivity (Wildman–Crippen MR) is 112 cm³/mol. The molecule has 2 aromatic carbocycles. The van der Waals surface area contributed by atoms with Gasteiger partial charge in [-0.3, -0.25) is 4.79 Å². The van der Waals surface area contributed by atoms with Crippen molar-refractivity contribution in [2.75, 3.05) is 0 Å². The molecule has 0 bridgehead atoms. The average molecular weight is 383 g/mol. The summed E-state index contributed by atoms with van der Waals surface area (Å²) in [6, 6.07) is 15.5. The lowest BCUT2D eigenvalue weighted by Crippen LogP contribution is -2.42. The van der Waals surface area contributed by atoms with Crippen LogP contribution in [0.15, 0.2) is 48.0 Å². The number of aryl methyl sites for hydroxylation is 1. The molecule has 1 N–H and O–H groups in total. The van der Waals surface area contributed by atoms with Gasteiger partial charge in [0.05, 0.1) is 11.6 Å². The van der Waals surface area contributed by atoms with Crippen molar-refractivity contribution in [3.63, 3.8) is 0 Å². The number of aromatic hydroxyl groups is 1. The lowest BCUT2D eigenvalue weighted by molar-refractivity contribution is -0.127. The molecule has 3 aliphatic carbocycles. The van der Waals surface area contributed by atoms with Gasteiger partial charge in [-0.15, -0.1) is 0 Å². The number of rotatable bonds is 1. The van der Waals surface area contributed by atoms with E-state index in [2.05, 4.69) is 19.1 Å². The predicted octanol–water partition coefficient (Wildman–Crippen LogP) is 5.38. The number of fused-ring (bicyclic) bond motifs is 5. The fraction of sp³-hybridized carbons (Fsp3) is 0.385. The SMILES string of the molecule is CC12CCC3c4ccc(O)cc4CCC3C1CC(=Cc1ccc(C#N)cc1)C2=O. The topological polar surface area (TPSA) is 61.1 Å². The summed E-state index contributed by atoms with van der Waals surface area (Å²) < 4.78 is 0. The van der Waals surface area contributed by atoms with E-state index in [1.54, 1.807) is 0 Å². The number of hydrogen-bond donors (Lipinski definition) is 1. The van der Waals surface area contributed by atoms with Gasteiger partial charge in [-0.05, 0) is 102 Å². The standard InChI is InChI=1S/C26H25NO2/c1-26-11-10-22-21-9-7-20(28)13-18(21)6-8-23(22)24(26)14-19(25(26)29)12-16-2-4-17(15-27)5-3-16/h2-5,7,9,12-13,22-24,28H,6,8,10-11,14H2,1H3. The van der Waals surface area contributed by atoms with E-state index < -0.39 is 0 Å². The zero-order chi connectivity index (χ0) is 20.2. The molecule has 2 saturated carbocycles. The number of hydrogen-bond acceptors (Lipinski definition) is 3. The minimum absolute atomic E-state index is 0.256. The highest BCUT2D eigenvalue weighted by Gasteiger charge is 2.56. The van der Waals surface area contributed by atoms with Crippen molar-refractivity contribution in [2.24, 2.45) is 17.3 Å². The Hall–Kier alpha value is -2.86. The summed E-state index contributed by atoms with van der Waals surface area (Å²) in [5.74, 6) is 2.09. The fourth-order valence-electron chi connectivity index (χ4n) is 6.22. The highest BCUT2D eigenvalue weighted by molar-refractivity contribution is 6.06. The van der Waals surface area contributed by atoms with Crippen LogP contribution in [0.4, 0.5) is 0 Å². The van der Waals surface area contributed by atoms with Crippen molar-refractivity contribution in [1.29, 1.82) is 5.26 Å². The van der Waals surface area contributed by atoms with Gasteiger partial charge in [0.2, 0.25) is 0 Å². The van der Waals surface area contributed by atoms with E-state index in [0.717, 1.165) is 43.2 Å². The van der Waals surface area contributed by atoms with Gasteiger partial charge in [-0.25, -0.2) is 0 Å². The molecule has 0 aliphatic heterocycles. The van der Waals surface area contributed by atoms with E-state index >= 15 is 0 Å². The quantitative estimate of drug-likeness (QED) is 0.672. The third kappa shape index (κ3) is 2.82. The zero-order valence-corrected chi connectivity index (χ0v) is 16.7. The van der Waals surface area contributed by atoms with Crippen molar-refractivity contribution in [3.8, 4) is 11.8 Å². The molecule has 3 heteroatoms. The summed E-state index contributed by atoms with van der Waals surface area (Å²) >= 11 is 0. The number of ketones is 1. The van der Waals surface area contributed by atoms with Crippen LogP contribution in [-0.2, 0) is 11.2 Å². The lowest BCUT2D eigenvalue weighted by Gasteiger charge is -2.48. The number of allylic oxidation sites excluding steroid dienone is 1. The maximum Gasteiger partial charge on any atom is 0.165 e. The molecule has 29 heavy (non-hydrogen) atoms. The molecule has 4 atom stereocenters. The molecular weight excluding hydrogens is 358 g/mol. The summed E-state index contributed by atoms with van der Waals surface area (Å²) in [6.45, 7) is 2.18. The van der Waals surface area contributed by atoms with Crippen LogP contribution in [0, 0.1) is 28.6 Å². The van der Waals surface area contributed by atoms with Gasteiger partial charge < -0.3 is 5.11 Å². The van der Waals surface area contributed by atoms with Gasteiger partial charge >= 0.3 is 0 Å². The molecule has 0 spiro atoms. The number of benzene rings is 2. The van der Waals surface area contributed by atoms with Crippen LogP contribution in [0.1, 0.15) is 60.8 Å². The smallest absolute Gasteiger partial charge is 0.165 e. The second-order valence-electron chi connectivity index (χ2n) is 9.19. The van der Waals surface area contributed by atoms with E-state index in [1.807, 2.05) is 42.5 Å². The first-order valence-electron chi connectivity index (χ1n) is 10.6. The molecule has 146 valence electrons. The molecule has 3 aliphatic rings. The maximum atomic E-state index is 13.4. The highest BCUT2D eigenvalue weighted by Crippen LogP contribution is 2.60. The molecule has 2 aromatic rings. The monoisotopic (exact) mass is 383 g/mol. The van der Waals surface area contributed by atoms with Crippen LogP contribution in [-0.4, -0.2) is 10.9 Å². The number of nitriles is 1. The van der Waals surface area contributed by atoms with Crippen LogP contribution in [0.5, 0.6) is 5.75 Å². The first-order chi connectivity index (χ1) is 14.0. The summed E-state index contributed by atoms with van der Waals surface area (Å²) in [7, 11) is 0. The van der Waals surface area contributed by atoms with E-state index in [4.69, 9.17) is 5.26 Å². The Kier molecular flexibility index (Phi) is 4.13. The first kappa shape index (κ1) is 18.2. The van der Waals surface area contributed by atoms with Gasteiger partial charge in [-0.2, -0.15) is 5.26 Å². The normalized spacial score (nSPS) is 31.7. The third-order valence-electron chi connectivity index (χ3n) is 7.73. The van der Waals surface area contributed by atoms with Crippen LogP contribution in [0.2, 0.25) is 0 Å². The molecular formula is C26H25NO2. The fourth-order valence-corrected chi connectivity index (χ4v) is 6.22. The highest BCUT2D eigenvalue weighted by atomic mass is 16.3. The number of nitrogens with zero attached hydrogens (tertiary/aromatic N) is 1. The van der Waals surface area contributed by atoms with Gasteiger partial charge in [0.15, 0.2) is 5.78 Å². The minimum atomic E-state index is -0.256. The molecule has 2 fully saturated rings. The van der Waals surface area contributed by atoms with Crippen LogP contribution >= 0.6 is 0 Å². The van der Waals surface area contributed by atoms with Crippen LogP contribution in [0.3, 0.4) is 0 Å². The average Bonchev–Trinajstić information content (AvgIpc) is 2.99. The second kappa shape index (κ2) is 6.59. The summed E-state index contributed by atoms with van der Waals surface area (Å²) in [5.41, 5.74) is 4.99. The largest absolute Gasteiger partial charge is 0.508 e. The van der Waals surface area contributed by atoms with Gasteiger partial charge in [-0.1, -0.05) is 25.1 Å². The van der Waals surface area contributed by atoms with Crippen LogP contribution < -0.4 is 0 Å². The molecule has 0 aromatic heterocycles. The summed E-state index contributed by atoms with van der Waals surface area (Å²) in [6.07, 6.45) is 6.95. The zero-order valence-electron chi connectivity index (χ0n) is 16.7.